The fraction of sp³-hybridized carbons (Fsp3) is 1.00. The van der Waals surface area contributed by atoms with Crippen LogP contribution in [0.25, 0.3) is 0 Å². The van der Waals surface area contributed by atoms with Gasteiger partial charge < -0.3 is 15.8 Å². The van der Waals surface area contributed by atoms with Gasteiger partial charge in [0.15, 0.2) is 0 Å². The third kappa shape index (κ3) is 1.89. The van der Waals surface area contributed by atoms with Crippen molar-refractivity contribution >= 4 is 0 Å². The van der Waals surface area contributed by atoms with Crippen LogP contribution in [0.2, 0.25) is 0 Å². The van der Waals surface area contributed by atoms with Gasteiger partial charge in [-0.1, -0.05) is 0 Å². The van der Waals surface area contributed by atoms with E-state index in [1.54, 1.807) is 0 Å². The van der Waals surface area contributed by atoms with Gasteiger partial charge in [-0.15, -0.1) is 0 Å². The van der Waals surface area contributed by atoms with E-state index in [9.17, 15) is 0 Å². The zero-order valence-corrected chi connectivity index (χ0v) is 10.0. The summed E-state index contributed by atoms with van der Waals surface area (Å²) in [5.74, 6) is 2.29. The van der Waals surface area contributed by atoms with Crippen LogP contribution >= 0.6 is 0 Å². The second-order valence-corrected chi connectivity index (χ2v) is 5.83. The number of fused-ring (bicyclic) bond motifs is 2. The van der Waals surface area contributed by atoms with Gasteiger partial charge >= 0.3 is 0 Å². The monoisotopic (exact) mass is 224 g/mol. The van der Waals surface area contributed by atoms with E-state index in [2.05, 4.69) is 5.32 Å². The summed E-state index contributed by atoms with van der Waals surface area (Å²) in [6.45, 7) is 2.82. The molecule has 0 saturated carbocycles. The second kappa shape index (κ2) is 4.63. The van der Waals surface area contributed by atoms with Crippen molar-refractivity contribution in [2.45, 2.75) is 44.2 Å². The Morgan fingerprint density at radius 2 is 2.19 bits per heavy atom. The van der Waals surface area contributed by atoms with Gasteiger partial charge in [0.25, 0.3) is 0 Å². The van der Waals surface area contributed by atoms with Gasteiger partial charge in [0, 0.05) is 25.3 Å². The molecular formula is C13H24N2O. The lowest BCUT2D eigenvalue weighted by Gasteiger charge is -2.43. The third-order valence-electron chi connectivity index (χ3n) is 4.91. The minimum atomic E-state index is 0.735. The van der Waals surface area contributed by atoms with Crippen molar-refractivity contribution in [3.63, 3.8) is 0 Å². The fourth-order valence-electron chi connectivity index (χ4n) is 4.23. The van der Waals surface area contributed by atoms with Gasteiger partial charge in [0.1, 0.15) is 0 Å². The molecule has 3 N–H and O–H groups in total. The molecule has 5 unspecified atom stereocenters. The average molecular weight is 224 g/mol. The molecule has 0 aromatic carbocycles. The van der Waals surface area contributed by atoms with E-state index in [-0.39, 0.29) is 0 Å². The summed E-state index contributed by atoms with van der Waals surface area (Å²) in [6.07, 6.45) is 6.63. The summed E-state index contributed by atoms with van der Waals surface area (Å²) in [5.41, 5.74) is 5.98. The van der Waals surface area contributed by atoms with Gasteiger partial charge in [-0.25, -0.2) is 0 Å². The summed E-state index contributed by atoms with van der Waals surface area (Å²) in [7, 11) is 0. The molecule has 0 aromatic rings. The third-order valence-corrected chi connectivity index (χ3v) is 4.91. The van der Waals surface area contributed by atoms with Crippen LogP contribution in [0, 0.1) is 17.8 Å². The fourth-order valence-corrected chi connectivity index (χ4v) is 4.23. The van der Waals surface area contributed by atoms with Crippen LogP contribution in [0.1, 0.15) is 32.1 Å². The predicted octanol–water partition coefficient (Wildman–Crippen LogP) is 1.13. The number of piperidine rings is 1. The van der Waals surface area contributed by atoms with Crippen molar-refractivity contribution in [1.29, 1.82) is 0 Å². The summed E-state index contributed by atoms with van der Waals surface area (Å²) in [4.78, 5) is 0. The molecule has 3 aliphatic rings. The molecule has 3 aliphatic heterocycles. The van der Waals surface area contributed by atoms with Gasteiger partial charge in [-0.05, 0) is 56.4 Å². The highest BCUT2D eigenvalue weighted by Gasteiger charge is 2.44. The van der Waals surface area contributed by atoms with Crippen molar-refractivity contribution in [3.8, 4) is 0 Å². The van der Waals surface area contributed by atoms with Crippen molar-refractivity contribution in [2.24, 2.45) is 23.5 Å². The van der Waals surface area contributed by atoms with E-state index >= 15 is 0 Å². The molecule has 3 heteroatoms. The zero-order valence-electron chi connectivity index (χ0n) is 10.0. The van der Waals surface area contributed by atoms with E-state index in [4.69, 9.17) is 10.5 Å². The molecular weight excluding hydrogens is 200 g/mol. The molecule has 2 bridgehead atoms. The van der Waals surface area contributed by atoms with Gasteiger partial charge in [0.2, 0.25) is 0 Å². The largest absolute Gasteiger partial charge is 0.381 e. The van der Waals surface area contributed by atoms with Crippen LogP contribution < -0.4 is 11.1 Å². The maximum absolute atomic E-state index is 5.98. The first-order chi connectivity index (χ1) is 7.88. The summed E-state index contributed by atoms with van der Waals surface area (Å²) < 4.78 is 5.67. The van der Waals surface area contributed by atoms with Gasteiger partial charge in [-0.2, -0.15) is 0 Å². The molecule has 0 aromatic heterocycles. The van der Waals surface area contributed by atoms with E-state index in [1.165, 1.54) is 32.1 Å². The normalized spacial score (nSPS) is 48.2. The van der Waals surface area contributed by atoms with Crippen LogP contribution in [0.5, 0.6) is 0 Å². The SMILES string of the molecule is NCC1CC2CCC(N2)C1C1CCCOC1. The van der Waals surface area contributed by atoms with Crippen molar-refractivity contribution < 1.29 is 4.74 Å². The van der Waals surface area contributed by atoms with Gasteiger partial charge in [0.05, 0.1) is 0 Å². The molecule has 3 rings (SSSR count). The Labute approximate surface area is 98.1 Å². The molecule has 0 aliphatic carbocycles. The first-order valence-corrected chi connectivity index (χ1v) is 6.92. The van der Waals surface area contributed by atoms with Crippen LogP contribution in [0.4, 0.5) is 0 Å². The molecule has 0 spiro atoms. The number of hydrogen-bond donors (Lipinski definition) is 2. The Morgan fingerprint density at radius 1 is 1.25 bits per heavy atom. The number of nitrogens with one attached hydrogen (secondary N) is 1. The minimum Gasteiger partial charge on any atom is -0.381 e. The van der Waals surface area contributed by atoms with Crippen LogP contribution in [0.15, 0.2) is 0 Å². The van der Waals surface area contributed by atoms with E-state index in [0.717, 1.165) is 49.6 Å². The first kappa shape index (κ1) is 11.0. The van der Waals surface area contributed by atoms with E-state index < -0.39 is 0 Å². The quantitative estimate of drug-likeness (QED) is 0.739. The molecule has 5 atom stereocenters. The standard InChI is InChI=1S/C13H24N2O/c14-7-10-6-11-3-4-12(15-11)13(10)9-2-1-5-16-8-9/h9-13,15H,1-8,14H2. The number of ether oxygens (including phenoxy) is 1. The van der Waals surface area contributed by atoms with E-state index in [0.29, 0.717) is 0 Å². The maximum atomic E-state index is 5.98. The first-order valence-electron chi connectivity index (χ1n) is 6.92. The van der Waals surface area contributed by atoms with Crippen molar-refractivity contribution in [1.82, 2.24) is 5.32 Å². The topological polar surface area (TPSA) is 47.3 Å². The highest BCUT2D eigenvalue weighted by atomic mass is 16.5. The predicted molar refractivity (Wildman–Crippen MR) is 64.1 cm³/mol. The average Bonchev–Trinajstić information content (AvgIpc) is 2.72. The van der Waals surface area contributed by atoms with E-state index in [1.807, 2.05) is 0 Å². The molecule has 0 radical (unpaired) electrons. The van der Waals surface area contributed by atoms with Crippen LogP contribution in [0.3, 0.4) is 0 Å². The lowest BCUT2D eigenvalue weighted by Crippen LogP contribution is -2.51. The Bertz CT molecular complexity index is 240. The Hall–Kier alpha value is -0.120. The minimum absolute atomic E-state index is 0.735. The Balaban J connectivity index is 1.73. The summed E-state index contributed by atoms with van der Waals surface area (Å²) in [5, 5.41) is 3.79. The van der Waals surface area contributed by atoms with Crippen molar-refractivity contribution in [3.05, 3.63) is 0 Å². The Kier molecular flexibility index (Phi) is 3.18. The number of nitrogens with two attached hydrogens (primary N) is 1. The highest BCUT2D eigenvalue weighted by Crippen LogP contribution is 2.41. The van der Waals surface area contributed by atoms with Gasteiger partial charge in [-0.3, -0.25) is 0 Å². The highest BCUT2D eigenvalue weighted by molar-refractivity contribution is 5.00. The molecule has 92 valence electrons. The van der Waals surface area contributed by atoms with Crippen molar-refractivity contribution in [2.75, 3.05) is 19.8 Å². The summed E-state index contributed by atoms with van der Waals surface area (Å²) >= 11 is 0. The van der Waals surface area contributed by atoms with Crippen LogP contribution in [-0.2, 0) is 4.74 Å². The number of hydrogen-bond acceptors (Lipinski definition) is 3. The zero-order chi connectivity index (χ0) is 11.0. The lowest BCUT2D eigenvalue weighted by atomic mass is 9.72. The Morgan fingerprint density at radius 3 is 2.94 bits per heavy atom. The molecule has 3 heterocycles. The maximum Gasteiger partial charge on any atom is 0.0497 e. The molecule has 16 heavy (non-hydrogen) atoms. The second-order valence-electron chi connectivity index (χ2n) is 5.83. The lowest BCUT2D eigenvalue weighted by molar-refractivity contribution is -0.00115. The molecule has 3 nitrogen and oxygen atoms in total. The smallest absolute Gasteiger partial charge is 0.0497 e. The summed E-state index contributed by atoms with van der Waals surface area (Å²) in [6, 6.07) is 1.50. The molecule has 3 saturated heterocycles. The number of rotatable bonds is 2. The molecule has 3 fully saturated rings. The molecule has 0 amide bonds. The van der Waals surface area contributed by atoms with Crippen LogP contribution in [-0.4, -0.2) is 31.8 Å².